The van der Waals surface area contributed by atoms with E-state index in [0.717, 1.165) is 19.4 Å². The van der Waals surface area contributed by atoms with Gasteiger partial charge in [-0.3, -0.25) is 0 Å². The summed E-state index contributed by atoms with van der Waals surface area (Å²) in [5.41, 5.74) is -0.210. The highest BCUT2D eigenvalue weighted by Gasteiger charge is 2.10. The molecule has 1 N–H and O–H groups in total. The molecule has 0 aliphatic heterocycles. The lowest BCUT2D eigenvalue weighted by Crippen LogP contribution is -2.19. The van der Waals surface area contributed by atoms with Gasteiger partial charge in [-0.25, -0.2) is 18.7 Å². The molecule has 6 heteroatoms. The second kappa shape index (κ2) is 6.97. The maximum absolute atomic E-state index is 13.6. The van der Waals surface area contributed by atoms with Crippen molar-refractivity contribution in [3.8, 4) is 0 Å². The maximum atomic E-state index is 13.6. The summed E-state index contributed by atoms with van der Waals surface area (Å²) in [4.78, 5) is 10.1. The van der Waals surface area contributed by atoms with Crippen LogP contribution in [0, 0.1) is 11.6 Å². The molecule has 0 bridgehead atoms. The topological polar surface area (TPSA) is 41.0 Å². The van der Waals surface area contributed by atoms with Crippen LogP contribution in [0.1, 0.15) is 19.8 Å². The van der Waals surface area contributed by atoms with Gasteiger partial charge in [-0.1, -0.05) is 19.4 Å². The minimum Gasteiger partial charge on any atom is -0.360 e. The number of nitrogens with zero attached hydrogens (tertiary/aromatic N) is 3. The van der Waals surface area contributed by atoms with Crippen LogP contribution in [0.3, 0.4) is 0 Å². The zero-order valence-corrected chi connectivity index (χ0v) is 12.1. The first-order valence-electron chi connectivity index (χ1n) is 6.86. The second-order valence-electron chi connectivity index (χ2n) is 4.76. The van der Waals surface area contributed by atoms with Crippen LogP contribution in [0.4, 0.5) is 26.1 Å². The Morgan fingerprint density at radius 2 is 1.90 bits per heavy atom. The molecule has 0 spiro atoms. The van der Waals surface area contributed by atoms with Gasteiger partial charge in [0, 0.05) is 19.7 Å². The number of para-hydroxylation sites is 1. The van der Waals surface area contributed by atoms with Gasteiger partial charge in [0.2, 0.25) is 0 Å². The summed E-state index contributed by atoms with van der Waals surface area (Å²) in [6, 6.07) is 5.38. The molecule has 1 heterocycles. The van der Waals surface area contributed by atoms with Gasteiger partial charge >= 0.3 is 0 Å². The fourth-order valence-electron chi connectivity index (χ4n) is 1.88. The first-order chi connectivity index (χ1) is 10.1. The van der Waals surface area contributed by atoms with Crippen molar-refractivity contribution in [1.82, 2.24) is 9.97 Å². The molecule has 2 aromatic rings. The molecule has 0 saturated heterocycles. The molecule has 0 atom stereocenters. The van der Waals surface area contributed by atoms with Crippen LogP contribution < -0.4 is 10.2 Å². The van der Waals surface area contributed by atoms with Crippen molar-refractivity contribution >= 4 is 17.3 Å². The number of rotatable bonds is 6. The Hall–Kier alpha value is -2.24. The van der Waals surface area contributed by atoms with Crippen molar-refractivity contribution in [1.29, 1.82) is 0 Å². The number of aromatic nitrogens is 2. The maximum Gasteiger partial charge on any atom is 0.149 e. The monoisotopic (exact) mass is 292 g/mol. The summed E-state index contributed by atoms with van der Waals surface area (Å²) in [6.07, 6.45) is 3.50. The third kappa shape index (κ3) is 3.87. The summed E-state index contributed by atoms with van der Waals surface area (Å²) in [5.74, 6) is -0.256. The summed E-state index contributed by atoms with van der Waals surface area (Å²) in [5, 5.41) is 2.66. The smallest absolute Gasteiger partial charge is 0.149 e. The minimum absolute atomic E-state index is 0.210. The summed E-state index contributed by atoms with van der Waals surface area (Å²) >= 11 is 0. The summed E-state index contributed by atoms with van der Waals surface area (Å²) in [7, 11) is 1.92. The number of halogens is 2. The van der Waals surface area contributed by atoms with E-state index in [9.17, 15) is 8.78 Å². The van der Waals surface area contributed by atoms with Crippen LogP contribution in [0.15, 0.2) is 30.6 Å². The fraction of sp³-hybridized carbons (Fsp3) is 0.333. The lowest BCUT2D eigenvalue weighted by molar-refractivity contribution is 0.590. The molecular formula is C15H18F2N4. The number of hydrogen-bond acceptors (Lipinski definition) is 4. The van der Waals surface area contributed by atoms with Crippen molar-refractivity contribution in [2.24, 2.45) is 0 Å². The zero-order chi connectivity index (χ0) is 15.2. The van der Waals surface area contributed by atoms with E-state index in [4.69, 9.17) is 0 Å². The Morgan fingerprint density at radius 3 is 2.57 bits per heavy atom. The van der Waals surface area contributed by atoms with E-state index < -0.39 is 11.6 Å². The summed E-state index contributed by atoms with van der Waals surface area (Å²) < 4.78 is 27.2. The van der Waals surface area contributed by atoms with Gasteiger partial charge in [-0.15, -0.1) is 0 Å². The van der Waals surface area contributed by atoms with Gasteiger partial charge in [-0.2, -0.15) is 0 Å². The van der Waals surface area contributed by atoms with Crippen LogP contribution in [-0.2, 0) is 0 Å². The Morgan fingerprint density at radius 1 is 1.19 bits per heavy atom. The van der Waals surface area contributed by atoms with E-state index in [1.54, 1.807) is 6.07 Å². The van der Waals surface area contributed by atoms with Gasteiger partial charge in [0.25, 0.3) is 0 Å². The van der Waals surface area contributed by atoms with Crippen LogP contribution >= 0.6 is 0 Å². The minimum atomic E-state index is -0.658. The lowest BCUT2D eigenvalue weighted by Gasteiger charge is -2.18. The third-order valence-electron chi connectivity index (χ3n) is 3.11. The second-order valence-corrected chi connectivity index (χ2v) is 4.76. The van der Waals surface area contributed by atoms with E-state index in [2.05, 4.69) is 22.2 Å². The largest absolute Gasteiger partial charge is 0.360 e. The SMILES string of the molecule is CCCCN(C)c1cc(Nc2c(F)cccc2F)ncn1. The molecule has 0 unspecified atom stereocenters. The van der Waals surface area contributed by atoms with Crippen LogP contribution in [0.2, 0.25) is 0 Å². The highest BCUT2D eigenvalue weighted by Crippen LogP contribution is 2.23. The predicted molar refractivity (Wildman–Crippen MR) is 79.9 cm³/mol. The van der Waals surface area contributed by atoms with Gasteiger partial charge in [0.1, 0.15) is 35.3 Å². The van der Waals surface area contributed by atoms with Crippen molar-refractivity contribution in [3.05, 3.63) is 42.2 Å². The van der Waals surface area contributed by atoms with Gasteiger partial charge in [0.05, 0.1) is 0 Å². The molecule has 2 rings (SSSR count). The van der Waals surface area contributed by atoms with E-state index in [1.807, 2.05) is 11.9 Å². The Balaban J connectivity index is 2.18. The molecular weight excluding hydrogens is 274 g/mol. The average molecular weight is 292 g/mol. The van der Waals surface area contributed by atoms with Crippen molar-refractivity contribution < 1.29 is 8.78 Å². The molecule has 21 heavy (non-hydrogen) atoms. The van der Waals surface area contributed by atoms with Crippen LogP contribution in [-0.4, -0.2) is 23.6 Å². The molecule has 0 aliphatic carbocycles. The number of anilines is 3. The Labute approximate surface area is 122 Å². The van der Waals surface area contributed by atoms with E-state index in [1.165, 1.54) is 24.5 Å². The molecule has 0 aliphatic rings. The first kappa shape index (κ1) is 15.2. The van der Waals surface area contributed by atoms with E-state index in [-0.39, 0.29) is 5.69 Å². The fourth-order valence-corrected chi connectivity index (χ4v) is 1.88. The van der Waals surface area contributed by atoms with Crippen molar-refractivity contribution in [2.75, 3.05) is 23.8 Å². The number of hydrogen-bond donors (Lipinski definition) is 1. The predicted octanol–water partition coefficient (Wildman–Crippen LogP) is 3.73. The molecule has 1 aromatic carbocycles. The van der Waals surface area contributed by atoms with Crippen LogP contribution in [0.25, 0.3) is 0 Å². The first-order valence-corrected chi connectivity index (χ1v) is 6.86. The zero-order valence-electron chi connectivity index (χ0n) is 12.1. The van der Waals surface area contributed by atoms with Crippen molar-refractivity contribution in [3.63, 3.8) is 0 Å². The Kier molecular flexibility index (Phi) is 5.03. The molecule has 0 fully saturated rings. The van der Waals surface area contributed by atoms with Crippen LogP contribution in [0.5, 0.6) is 0 Å². The number of nitrogens with one attached hydrogen (secondary N) is 1. The average Bonchev–Trinajstić information content (AvgIpc) is 2.49. The molecule has 0 saturated carbocycles. The highest BCUT2D eigenvalue weighted by atomic mass is 19.1. The molecule has 4 nitrogen and oxygen atoms in total. The lowest BCUT2D eigenvalue weighted by atomic mass is 10.3. The van der Waals surface area contributed by atoms with Gasteiger partial charge in [0.15, 0.2) is 0 Å². The Bertz CT molecular complexity index is 584. The highest BCUT2D eigenvalue weighted by molar-refractivity contribution is 5.60. The molecule has 112 valence electrons. The number of unbranched alkanes of at least 4 members (excludes halogenated alkanes) is 1. The summed E-state index contributed by atoms with van der Waals surface area (Å²) in [6.45, 7) is 2.97. The van der Waals surface area contributed by atoms with Gasteiger partial charge < -0.3 is 10.2 Å². The molecule has 0 radical (unpaired) electrons. The van der Waals surface area contributed by atoms with E-state index in [0.29, 0.717) is 11.6 Å². The quantitative estimate of drug-likeness (QED) is 0.880. The number of benzene rings is 1. The van der Waals surface area contributed by atoms with Crippen molar-refractivity contribution in [2.45, 2.75) is 19.8 Å². The standard InChI is InChI=1S/C15H18F2N4/c1-3-4-8-21(2)14-9-13(18-10-19-14)20-15-11(16)6-5-7-12(15)17/h5-7,9-10H,3-4,8H2,1-2H3,(H,18,19,20). The normalized spacial score (nSPS) is 10.5. The van der Waals surface area contributed by atoms with E-state index >= 15 is 0 Å². The van der Waals surface area contributed by atoms with Gasteiger partial charge in [-0.05, 0) is 18.6 Å². The molecule has 0 amide bonds. The molecule has 1 aromatic heterocycles. The third-order valence-corrected chi connectivity index (χ3v) is 3.11.